The molecule has 3 nitrogen and oxygen atoms in total. The lowest BCUT2D eigenvalue weighted by Gasteiger charge is -2.31. The van der Waals surface area contributed by atoms with E-state index >= 15 is 0 Å². The third-order valence-corrected chi connectivity index (χ3v) is 4.59. The maximum Gasteiger partial charge on any atom is 0.194 e. The van der Waals surface area contributed by atoms with E-state index in [9.17, 15) is 4.79 Å². The van der Waals surface area contributed by atoms with Gasteiger partial charge in [-0.05, 0) is 51.3 Å². The van der Waals surface area contributed by atoms with E-state index in [1.165, 1.54) is 12.8 Å². The van der Waals surface area contributed by atoms with Crippen LogP contribution in [0.2, 0.25) is 0 Å². The number of fused-ring (bicyclic) bond motifs is 1. The Bertz CT molecular complexity index is 717. The van der Waals surface area contributed by atoms with E-state index in [0.29, 0.717) is 0 Å². The molecule has 1 aliphatic rings. The molecular weight excluding hydrogens is 260 g/mol. The third-order valence-electron chi connectivity index (χ3n) is 4.59. The van der Waals surface area contributed by atoms with E-state index in [-0.39, 0.29) is 5.43 Å². The van der Waals surface area contributed by atoms with E-state index < -0.39 is 0 Å². The van der Waals surface area contributed by atoms with Crippen LogP contribution in [0.5, 0.6) is 0 Å². The zero-order chi connectivity index (χ0) is 15.0. The largest absolute Gasteiger partial charge is 0.358 e. The summed E-state index contributed by atoms with van der Waals surface area (Å²) in [4.78, 5) is 18.6. The van der Waals surface area contributed by atoms with Crippen LogP contribution in [0.25, 0.3) is 10.9 Å². The van der Waals surface area contributed by atoms with Gasteiger partial charge in [0, 0.05) is 35.2 Å². The minimum Gasteiger partial charge on any atom is -0.358 e. The highest BCUT2D eigenvalue weighted by atomic mass is 16.1. The lowest BCUT2D eigenvalue weighted by molar-refractivity contribution is 0.176. The highest BCUT2D eigenvalue weighted by Crippen LogP contribution is 2.19. The second-order valence-electron chi connectivity index (χ2n) is 6.59. The molecule has 0 bridgehead atoms. The van der Waals surface area contributed by atoms with Crippen LogP contribution in [0.3, 0.4) is 0 Å². The van der Waals surface area contributed by atoms with Crippen LogP contribution in [0.15, 0.2) is 23.0 Å². The molecule has 1 fully saturated rings. The number of hydrogen-bond acceptors (Lipinski definition) is 2. The Morgan fingerprint density at radius 3 is 2.90 bits per heavy atom. The van der Waals surface area contributed by atoms with E-state index in [0.717, 1.165) is 53.3 Å². The SMILES string of the molecule is Cc1ccc2[nH]c(C)c(CN3CCC[C@H](C)C3)c(=O)c2c1. The molecule has 0 unspecified atom stereocenters. The first kappa shape index (κ1) is 14.3. The third kappa shape index (κ3) is 2.88. The Morgan fingerprint density at radius 1 is 1.33 bits per heavy atom. The quantitative estimate of drug-likeness (QED) is 0.917. The fraction of sp³-hybridized carbons (Fsp3) is 0.500. The number of H-pyrrole nitrogens is 1. The summed E-state index contributed by atoms with van der Waals surface area (Å²) in [5.41, 5.74) is 4.22. The molecule has 1 saturated heterocycles. The first-order valence-corrected chi connectivity index (χ1v) is 7.89. The first-order valence-electron chi connectivity index (χ1n) is 7.89. The summed E-state index contributed by atoms with van der Waals surface area (Å²) in [7, 11) is 0. The maximum absolute atomic E-state index is 12.8. The van der Waals surface area contributed by atoms with Gasteiger partial charge in [-0.25, -0.2) is 0 Å². The maximum atomic E-state index is 12.8. The molecule has 2 aromatic rings. The molecule has 3 heteroatoms. The van der Waals surface area contributed by atoms with Crippen molar-refractivity contribution < 1.29 is 0 Å². The molecule has 1 aliphatic heterocycles. The summed E-state index contributed by atoms with van der Waals surface area (Å²) < 4.78 is 0. The van der Waals surface area contributed by atoms with Gasteiger partial charge in [0.05, 0.1) is 0 Å². The summed E-state index contributed by atoms with van der Waals surface area (Å²) in [6.07, 6.45) is 2.55. The summed E-state index contributed by atoms with van der Waals surface area (Å²) in [6, 6.07) is 6.05. The Balaban J connectivity index is 2.00. The number of aryl methyl sites for hydroxylation is 2. The topological polar surface area (TPSA) is 36.1 Å². The van der Waals surface area contributed by atoms with Gasteiger partial charge in [-0.15, -0.1) is 0 Å². The van der Waals surface area contributed by atoms with Gasteiger partial charge in [0.2, 0.25) is 0 Å². The molecule has 0 spiro atoms. The number of benzene rings is 1. The van der Waals surface area contributed by atoms with Crippen molar-refractivity contribution in [3.05, 3.63) is 45.2 Å². The Labute approximate surface area is 126 Å². The van der Waals surface area contributed by atoms with Crippen LogP contribution in [0.4, 0.5) is 0 Å². The molecular formula is C18H24N2O. The number of aromatic nitrogens is 1. The minimum absolute atomic E-state index is 0.197. The van der Waals surface area contributed by atoms with Crippen LogP contribution in [0, 0.1) is 19.8 Å². The fourth-order valence-corrected chi connectivity index (χ4v) is 3.41. The predicted molar refractivity (Wildman–Crippen MR) is 87.7 cm³/mol. The predicted octanol–water partition coefficient (Wildman–Crippen LogP) is 3.38. The van der Waals surface area contributed by atoms with Gasteiger partial charge >= 0.3 is 0 Å². The van der Waals surface area contributed by atoms with Crippen molar-refractivity contribution in [1.29, 1.82) is 0 Å². The van der Waals surface area contributed by atoms with E-state index in [4.69, 9.17) is 0 Å². The zero-order valence-electron chi connectivity index (χ0n) is 13.2. The average molecular weight is 284 g/mol. The molecule has 21 heavy (non-hydrogen) atoms. The number of likely N-dealkylation sites (tertiary alicyclic amines) is 1. The number of nitrogens with one attached hydrogen (secondary N) is 1. The highest BCUT2D eigenvalue weighted by molar-refractivity contribution is 5.80. The van der Waals surface area contributed by atoms with Crippen LogP contribution in [-0.4, -0.2) is 23.0 Å². The monoisotopic (exact) mass is 284 g/mol. The molecule has 1 aromatic carbocycles. The second-order valence-corrected chi connectivity index (χ2v) is 6.59. The van der Waals surface area contributed by atoms with E-state index in [1.807, 2.05) is 32.0 Å². The normalized spacial score (nSPS) is 20.0. The molecule has 2 heterocycles. The number of piperidine rings is 1. The Morgan fingerprint density at radius 2 is 2.14 bits per heavy atom. The van der Waals surface area contributed by atoms with Gasteiger partial charge in [-0.3, -0.25) is 9.69 Å². The van der Waals surface area contributed by atoms with Gasteiger partial charge in [-0.2, -0.15) is 0 Å². The molecule has 1 N–H and O–H groups in total. The van der Waals surface area contributed by atoms with Crippen LogP contribution in [-0.2, 0) is 6.54 Å². The van der Waals surface area contributed by atoms with E-state index in [1.54, 1.807) is 0 Å². The van der Waals surface area contributed by atoms with Crippen molar-refractivity contribution in [2.45, 2.75) is 40.2 Å². The molecule has 112 valence electrons. The molecule has 1 atom stereocenters. The van der Waals surface area contributed by atoms with Gasteiger partial charge in [-0.1, -0.05) is 18.6 Å². The summed E-state index contributed by atoms with van der Waals surface area (Å²) in [5, 5.41) is 0.820. The number of pyridine rings is 1. The standard InChI is InChI=1S/C18H24N2O/c1-12-6-7-17-15(9-12)18(21)16(14(3)19-17)11-20-8-4-5-13(2)10-20/h6-7,9,13H,4-5,8,10-11H2,1-3H3,(H,19,21)/t13-/m0/s1. The van der Waals surface area contributed by atoms with Crippen molar-refractivity contribution in [2.75, 3.05) is 13.1 Å². The van der Waals surface area contributed by atoms with Crippen molar-refractivity contribution in [2.24, 2.45) is 5.92 Å². The van der Waals surface area contributed by atoms with Crippen molar-refractivity contribution >= 4 is 10.9 Å². The zero-order valence-corrected chi connectivity index (χ0v) is 13.2. The molecule has 0 amide bonds. The highest BCUT2D eigenvalue weighted by Gasteiger charge is 2.19. The lowest BCUT2D eigenvalue weighted by atomic mass is 9.99. The molecule has 0 aliphatic carbocycles. The number of rotatable bonds is 2. The molecule has 1 aromatic heterocycles. The Hall–Kier alpha value is -1.61. The van der Waals surface area contributed by atoms with Gasteiger partial charge in [0.25, 0.3) is 0 Å². The van der Waals surface area contributed by atoms with Crippen LogP contribution >= 0.6 is 0 Å². The lowest BCUT2D eigenvalue weighted by Crippen LogP contribution is -2.35. The smallest absolute Gasteiger partial charge is 0.194 e. The summed E-state index contributed by atoms with van der Waals surface area (Å²) in [6.45, 7) is 9.33. The summed E-state index contributed by atoms with van der Waals surface area (Å²) >= 11 is 0. The van der Waals surface area contributed by atoms with Gasteiger partial charge < -0.3 is 4.98 Å². The van der Waals surface area contributed by atoms with Crippen molar-refractivity contribution in [3.63, 3.8) is 0 Å². The number of aromatic amines is 1. The van der Waals surface area contributed by atoms with Crippen LogP contribution < -0.4 is 5.43 Å². The second kappa shape index (κ2) is 5.64. The van der Waals surface area contributed by atoms with Gasteiger partial charge in [0.15, 0.2) is 5.43 Å². The van der Waals surface area contributed by atoms with Crippen molar-refractivity contribution in [3.8, 4) is 0 Å². The molecule has 3 rings (SSSR count). The van der Waals surface area contributed by atoms with Crippen LogP contribution in [0.1, 0.15) is 36.6 Å². The average Bonchev–Trinajstić information content (AvgIpc) is 2.45. The summed E-state index contributed by atoms with van der Waals surface area (Å²) in [5.74, 6) is 0.737. The van der Waals surface area contributed by atoms with E-state index in [2.05, 4.69) is 16.8 Å². The number of nitrogens with zero attached hydrogens (tertiary/aromatic N) is 1. The first-order chi connectivity index (χ1) is 10.0. The molecule has 0 radical (unpaired) electrons. The van der Waals surface area contributed by atoms with Crippen molar-refractivity contribution in [1.82, 2.24) is 9.88 Å². The number of hydrogen-bond donors (Lipinski definition) is 1. The van der Waals surface area contributed by atoms with Gasteiger partial charge in [0.1, 0.15) is 0 Å². The minimum atomic E-state index is 0.197. The Kier molecular flexibility index (Phi) is 3.85. The fourth-order valence-electron chi connectivity index (χ4n) is 3.41. The molecule has 0 saturated carbocycles.